The summed E-state index contributed by atoms with van der Waals surface area (Å²) >= 11 is 3.53. The molecule has 8 nitrogen and oxygen atoms in total. The molecule has 5 heterocycles. The molecule has 4 atom stereocenters. The minimum atomic E-state index is -1.18. The minimum absolute atomic E-state index is 0.149. The lowest BCUT2D eigenvalue weighted by Gasteiger charge is -2.36. The fraction of sp³-hybridized carbons (Fsp3) is 0.375. The van der Waals surface area contributed by atoms with Gasteiger partial charge in [-0.15, -0.1) is 0 Å². The van der Waals surface area contributed by atoms with Gasteiger partial charge in [-0.1, -0.05) is 15.9 Å². The van der Waals surface area contributed by atoms with Crippen LogP contribution in [-0.2, 0) is 19.9 Å². The maximum Gasteiger partial charge on any atom is 0.250 e. The number of nitrogens with zero attached hydrogens (tertiary/aromatic N) is 2. The van der Waals surface area contributed by atoms with Crippen LogP contribution in [0.25, 0.3) is 0 Å². The highest BCUT2D eigenvalue weighted by Crippen LogP contribution is 2.61. The normalized spacial score (nSPS) is 31.7. The number of imide groups is 1. The Hall–Kier alpha value is -2.91. The van der Waals surface area contributed by atoms with Crippen molar-refractivity contribution in [3.8, 4) is 11.5 Å². The number of anilines is 2. The summed E-state index contributed by atoms with van der Waals surface area (Å²) in [5.74, 6) is -1.04. The summed E-state index contributed by atoms with van der Waals surface area (Å²) in [6.07, 6.45) is 1.67. The molecule has 1 spiro atoms. The van der Waals surface area contributed by atoms with Gasteiger partial charge in [-0.05, 0) is 49.7 Å². The van der Waals surface area contributed by atoms with Gasteiger partial charge in [0, 0.05) is 27.8 Å². The number of amides is 3. The Morgan fingerprint density at radius 2 is 1.82 bits per heavy atom. The highest BCUT2D eigenvalue weighted by atomic mass is 79.9. The van der Waals surface area contributed by atoms with Crippen molar-refractivity contribution in [1.82, 2.24) is 4.90 Å². The van der Waals surface area contributed by atoms with Gasteiger partial charge in [-0.3, -0.25) is 19.3 Å². The summed E-state index contributed by atoms with van der Waals surface area (Å²) in [6.45, 7) is 1.55. The molecule has 33 heavy (non-hydrogen) atoms. The van der Waals surface area contributed by atoms with E-state index in [1.165, 1.54) is 4.90 Å². The largest absolute Gasteiger partial charge is 0.486 e. The number of hydrogen-bond donors (Lipinski definition) is 1. The number of carbonyl (C=O) groups is 3. The van der Waals surface area contributed by atoms with Crippen molar-refractivity contribution in [2.45, 2.75) is 24.4 Å². The van der Waals surface area contributed by atoms with E-state index in [-0.39, 0.29) is 23.8 Å². The number of halogens is 1. The van der Waals surface area contributed by atoms with Crippen LogP contribution >= 0.6 is 15.9 Å². The molecule has 1 N–H and O–H groups in total. The van der Waals surface area contributed by atoms with Gasteiger partial charge in [-0.2, -0.15) is 0 Å². The van der Waals surface area contributed by atoms with Crippen LogP contribution < -0.4 is 19.7 Å². The number of carbonyl (C=O) groups excluding carboxylic acids is 3. The molecular weight excluding hydrogens is 490 g/mol. The summed E-state index contributed by atoms with van der Waals surface area (Å²) in [7, 11) is 0. The molecule has 0 aliphatic carbocycles. The monoisotopic (exact) mass is 509 g/mol. The highest BCUT2D eigenvalue weighted by Gasteiger charge is 2.74. The lowest BCUT2D eigenvalue weighted by molar-refractivity contribution is -0.135. The van der Waals surface area contributed by atoms with Gasteiger partial charge in [0.1, 0.15) is 18.8 Å². The zero-order chi connectivity index (χ0) is 22.5. The van der Waals surface area contributed by atoms with Crippen LogP contribution in [0.1, 0.15) is 18.4 Å². The zero-order valence-corrected chi connectivity index (χ0v) is 19.1. The van der Waals surface area contributed by atoms with E-state index < -0.39 is 17.4 Å². The summed E-state index contributed by atoms with van der Waals surface area (Å²) in [5, 5.41) is 2.99. The zero-order valence-electron chi connectivity index (χ0n) is 17.5. The molecule has 3 fully saturated rings. The van der Waals surface area contributed by atoms with E-state index in [0.29, 0.717) is 42.6 Å². The van der Waals surface area contributed by atoms with Gasteiger partial charge in [0.05, 0.1) is 17.5 Å². The van der Waals surface area contributed by atoms with E-state index in [0.717, 1.165) is 22.9 Å². The fourth-order valence-electron chi connectivity index (χ4n) is 6.60. The number of rotatable bonds is 1. The van der Waals surface area contributed by atoms with Crippen LogP contribution in [0.3, 0.4) is 0 Å². The van der Waals surface area contributed by atoms with Gasteiger partial charge in [0.25, 0.3) is 0 Å². The van der Waals surface area contributed by atoms with Crippen molar-refractivity contribution in [3.63, 3.8) is 0 Å². The van der Waals surface area contributed by atoms with E-state index in [1.54, 1.807) is 18.2 Å². The number of nitrogens with one attached hydrogen (secondary N) is 1. The molecule has 7 rings (SSSR count). The second kappa shape index (κ2) is 6.57. The van der Waals surface area contributed by atoms with Crippen LogP contribution in [-0.4, -0.2) is 48.4 Å². The molecule has 3 saturated heterocycles. The molecule has 0 bridgehead atoms. The van der Waals surface area contributed by atoms with Crippen molar-refractivity contribution in [3.05, 3.63) is 46.4 Å². The molecule has 3 amide bonds. The molecule has 2 aromatic carbocycles. The Labute approximate surface area is 197 Å². The molecular formula is C24H20BrN3O5. The average molecular weight is 510 g/mol. The Bertz CT molecular complexity index is 1260. The summed E-state index contributed by atoms with van der Waals surface area (Å²) in [6, 6.07) is 10.6. The molecule has 0 unspecified atom stereocenters. The van der Waals surface area contributed by atoms with Gasteiger partial charge in [0.2, 0.25) is 17.7 Å². The van der Waals surface area contributed by atoms with E-state index in [2.05, 4.69) is 26.1 Å². The first kappa shape index (κ1) is 19.5. The number of fused-ring (bicyclic) bond motifs is 8. The third-order valence-corrected chi connectivity index (χ3v) is 8.23. The molecule has 5 aliphatic heterocycles. The third kappa shape index (κ3) is 2.31. The standard InChI is InChI=1S/C24H20BrN3O5/c25-12-3-5-15-14(10-12)24(23(31)26-15)20-19(16-2-1-7-27(16)24)21(29)28(22(20)30)13-4-6-17-18(11-13)33-9-8-32-17/h3-6,10-11,16,19-20H,1-2,7-9H2,(H,26,31)/t16-,19+,20-,24+/m0/s1. The third-order valence-electron chi connectivity index (χ3n) is 7.74. The minimum Gasteiger partial charge on any atom is -0.486 e. The molecule has 5 aliphatic rings. The fourth-order valence-corrected chi connectivity index (χ4v) is 6.96. The Balaban J connectivity index is 1.39. The lowest BCUT2D eigenvalue weighted by atomic mass is 9.75. The van der Waals surface area contributed by atoms with E-state index >= 15 is 0 Å². The quantitative estimate of drug-likeness (QED) is 0.594. The molecule has 0 radical (unpaired) electrons. The predicted octanol–water partition coefficient (Wildman–Crippen LogP) is 2.65. The van der Waals surface area contributed by atoms with Gasteiger partial charge in [-0.25, -0.2) is 4.90 Å². The predicted molar refractivity (Wildman–Crippen MR) is 121 cm³/mol. The van der Waals surface area contributed by atoms with Crippen molar-refractivity contribution < 1.29 is 23.9 Å². The number of hydrogen-bond acceptors (Lipinski definition) is 6. The molecule has 168 valence electrons. The van der Waals surface area contributed by atoms with Crippen LogP contribution in [0.5, 0.6) is 11.5 Å². The van der Waals surface area contributed by atoms with E-state index in [1.807, 2.05) is 18.2 Å². The summed E-state index contributed by atoms with van der Waals surface area (Å²) in [5.41, 5.74) is 0.746. The Morgan fingerprint density at radius 3 is 2.67 bits per heavy atom. The SMILES string of the molecule is O=C1[C@H]2[C@@H](C(=O)N1c1ccc3c(c1)OCCO3)[C@]1(C(=O)Nc3ccc(Br)cc31)N1CCC[C@@H]21. The van der Waals surface area contributed by atoms with Crippen molar-refractivity contribution in [2.24, 2.45) is 11.8 Å². The van der Waals surface area contributed by atoms with Gasteiger partial charge < -0.3 is 14.8 Å². The Kier molecular flexibility index (Phi) is 3.89. The lowest BCUT2D eigenvalue weighted by Crippen LogP contribution is -2.54. The maximum absolute atomic E-state index is 14.0. The van der Waals surface area contributed by atoms with Gasteiger partial charge in [0.15, 0.2) is 11.5 Å². The average Bonchev–Trinajstić information content (AvgIpc) is 3.52. The van der Waals surface area contributed by atoms with Crippen molar-refractivity contribution in [1.29, 1.82) is 0 Å². The number of ether oxygens (including phenoxy) is 2. The summed E-state index contributed by atoms with van der Waals surface area (Å²) in [4.78, 5) is 44.8. The van der Waals surface area contributed by atoms with E-state index in [9.17, 15) is 14.4 Å². The highest BCUT2D eigenvalue weighted by molar-refractivity contribution is 9.10. The molecule has 9 heteroatoms. The first-order valence-electron chi connectivity index (χ1n) is 11.2. The second-order valence-electron chi connectivity index (χ2n) is 9.16. The molecule has 2 aromatic rings. The van der Waals surface area contributed by atoms with Crippen molar-refractivity contribution in [2.75, 3.05) is 30.0 Å². The topological polar surface area (TPSA) is 88.2 Å². The first-order valence-corrected chi connectivity index (χ1v) is 12.0. The Morgan fingerprint density at radius 1 is 1.00 bits per heavy atom. The van der Waals surface area contributed by atoms with Crippen LogP contribution in [0.15, 0.2) is 40.9 Å². The van der Waals surface area contributed by atoms with Crippen LogP contribution in [0.2, 0.25) is 0 Å². The van der Waals surface area contributed by atoms with Crippen LogP contribution in [0, 0.1) is 11.8 Å². The summed E-state index contributed by atoms with van der Waals surface area (Å²) < 4.78 is 12.1. The van der Waals surface area contributed by atoms with Gasteiger partial charge >= 0.3 is 0 Å². The second-order valence-corrected chi connectivity index (χ2v) is 10.1. The molecule has 0 saturated carbocycles. The smallest absolute Gasteiger partial charge is 0.250 e. The van der Waals surface area contributed by atoms with Crippen LogP contribution in [0.4, 0.5) is 11.4 Å². The maximum atomic E-state index is 14.0. The first-order chi connectivity index (χ1) is 16.0. The molecule has 0 aromatic heterocycles. The van der Waals surface area contributed by atoms with Crippen molar-refractivity contribution >= 4 is 45.0 Å². The van der Waals surface area contributed by atoms with E-state index in [4.69, 9.17) is 9.47 Å². The number of benzene rings is 2.